The van der Waals surface area contributed by atoms with Gasteiger partial charge in [0.25, 0.3) is 5.91 Å². The highest BCUT2D eigenvalue weighted by Crippen LogP contribution is 2.38. The van der Waals surface area contributed by atoms with Crippen LogP contribution in [0, 0.1) is 5.92 Å². The highest BCUT2D eigenvalue weighted by molar-refractivity contribution is 8.04. The fraction of sp³-hybridized carbons (Fsp3) is 0.667. The van der Waals surface area contributed by atoms with Crippen LogP contribution in [0.2, 0.25) is 0 Å². The van der Waals surface area contributed by atoms with Crippen LogP contribution in [-0.4, -0.2) is 64.6 Å². The number of amides is 4. The van der Waals surface area contributed by atoms with Crippen LogP contribution in [0.15, 0.2) is 11.1 Å². The van der Waals surface area contributed by atoms with Crippen LogP contribution < -0.4 is 5.32 Å². The zero-order valence-corrected chi connectivity index (χ0v) is 16.5. The molecule has 3 rings (SSSR count). The molecule has 1 N–H and O–H groups in total. The number of carbonyl (C=O) groups excluding carboxylic acids is 4. The zero-order chi connectivity index (χ0) is 19.6. The SMILES string of the molecule is CCOC(=O)/C=C1\SCC(=O)N1CCN1C(=O)NC2(CCCCC2C)C1=O. The van der Waals surface area contributed by atoms with Gasteiger partial charge in [-0.25, -0.2) is 9.59 Å². The summed E-state index contributed by atoms with van der Waals surface area (Å²) in [6.07, 6.45) is 4.83. The Kier molecular flexibility index (Phi) is 5.78. The van der Waals surface area contributed by atoms with Crippen molar-refractivity contribution in [2.75, 3.05) is 25.4 Å². The molecule has 0 bridgehead atoms. The van der Waals surface area contributed by atoms with E-state index < -0.39 is 17.5 Å². The maximum atomic E-state index is 13.0. The molecule has 2 atom stereocenters. The molecule has 27 heavy (non-hydrogen) atoms. The van der Waals surface area contributed by atoms with Crippen molar-refractivity contribution in [2.24, 2.45) is 5.92 Å². The quantitative estimate of drug-likeness (QED) is 0.430. The average Bonchev–Trinajstić information content (AvgIpc) is 3.08. The van der Waals surface area contributed by atoms with E-state index in [-0.39, 0.29) is 43.2 Å². The van der Waals surface area contributed by atoms with E-state index in [9.17, 15) is 19.2 Å². The number of esters is 1. The maximum absolute atomic E-state index is 13.0. The van der Waals surface area contributed by atoms with Crippen LogP contribution in [-0.2, 0) is 19.1 Å². The fourth-order valence-electron chi connectivity index (χ4n) is 3.95. The Morgan fingerprint density at radius 3 is 2.74 bits per heavy atom. The Morgan fingerprint density at radius 1 is 1.30 bits per heavy atom. The van der Waals surface area contributed by atoms with Gasteiger partial charge in [0, 0.05) is 13.1 Å². The normalized spacial score (nSPS) is 29.8. The molecule has 2 heterocycles. The number of hydrogen-bond donors (Lipinski definition) is 1. The molecular formula is C18H25N3O5S. The second-order valence-corrected chi connectivity index (χ2v) is 8.07. The molecule has 3 fully saturated rings. The average molecular weight is 395 g/mol. The predicted molar refractivity (Wildman–Crippen MR) is 99.5 cm³/mol. The molecule has 1 saturated carbocycles. The number of ether oxygens (including phenoxy) is 1. The Bertz CT molecular complexity index is 694. The van der Waals surface area contributed by atoms with E-state index in [0.29, 0.717) is 11.4 Å². The molecule has 3 aliphatic rings. The monoisotopic (exact) mass is 395 g/mol. The maximum Gasteiger partial charge on any atom is 0.333 e. The van der Waals surface area contributed by atoms with Gasteiger partial charge in [-0.05, 0) is 25.7 Å². The van der Waals surface area contributed by atoms with Gasteiger partial charge in [-0.1, -0.05) is 31.5 Å². The van der Waals surface area contributed by atoms with Crippen LogP contribution in [0.3, 0.4) is 0 Å². The van der Waals surface area contributed by atoms with Crippen molar-refractivity contribution >= 4 is 35.6 Å². The van der Waals surface area contributed by atoms with E-state index in [4.69, 9.17) is 4.74 Å². The first kappa shape index (κ1) is 19.7. The molecular weight excluding hydrogens is 370 g/mol. The summed E-state index contributed by atoms with van der Waals surface area (Å²) in [6, 6.07) is -0.399. The summed E-state index contributed by atoms with van der Waals surface area (Å²) < 4.78 is 4.89. The van der Waals surface area contributed by atoms with Gasteiger partial charge in [-0.2, -0.15) is 0 Å². The number of carbonyl (C=O) groups is 4. The number of nitrogens with one attached hydrogen (secondary N) is 1. The summed E-state index contributed by atoms with van der Waals surface area (Å²) in [5.74, 6) is -0.536. The summed E-state index contributed by atoms with van der Waals surface area (Å²) in [4.78, 5) is 51.9. The lowest BCUT2D eigenvalue weighted by Gasteiger charge is -2.36. The summed E-state index contributed by atoms with van der Waals surface area (Å²) in [5.41, 5.74) is -0.803. The lowest BCUT2D eigenvalue weighted by Crippen LogP contribution is -2.54. The van der Waals surface area contributed by atoms with E-state index in [1.165, 1.54) is 27.6 Å². The molecule has 0 radical (unpaired) electrons. The smallest absolute Gasteiger partial charge is 0.333 e. The second-order valence-electron chi connectivity index (χ2n) is 7.07. The van der Waals surface area contributed by atoms with Crippen LogP contribution in [0.5, 0.6) is 0 Å². The van der Waals surface area contributed by atoms with Crippen molar-refractivity contribution in [1.29, 1.82) is 0 Å². The fourth-order valence-corrected chi connectivity index (χ4v) is 4.91. The number of nitrogens with zero attached hydrogens (tertiary/aromatic N) is 2. The lowest BCUT2D eigenvalue weighted by atomic mass is 9.73. The molecule has 0 aromatic rings. The van der Waals surface area contributed by atoms with E-state index in [1.807, 2.05) is 6.92 Å². The predicted octanol–water partition coefficient (Wildman–Crippen LogP) is 1.47. The van der Waals surface area contributed by atoms with E-state index >= 15 is 0 Å². The number of hydrogen-bond acceptors (Lipinski definition) is 6. The lowest BCUT2D eigenvalue weighted by molar-refractivity contribution is -0.137. The van der Waals surface area contributed by atoms with Crippen molar-refractivity contribution in [2.45, 2.75) is 45.1 Å². The first-order chi connectivity index (χ1) is 12.9. The molecule has 0 aromatic carbocycles. The Hall–Kier alpha value is -2.03. The summed E-state index contributed by atoms with van der Waals surface area (Å²) in [7, 11) is 0. The number of urea groups is 1. The molecule has 2 saturated heterocycles. The zero-order valence-electron chi connectivity index (χ0n) is 15.7. The molecule has 8 nitrogen and oxygen atoms in total. The molecule has 1 spiro atoms. The topological polar surface area (TPSA) is 96.0 Å². The Labute approximate surface area is 162 Å². The summed E-state index contributed by atoms with van der Waals surface area (Å²) >= 11 is 1.25. The van der Waals surface area contributed by atoms with Crippen molar-refractivity contribution in [1.82, 2.24) is 15.1 Å². The third-order valence-corrected chi connectivity index (χ3v) is 6.51. The second kappa shape index (κ2) is 7.92. The van der Waals surface area contributed by atoms with Crippen LogP contribution in [0.1, 0.15) is 39.5 Å². The number of imide groups is 1. The molecule has 148 valence electrons. The van der Waals surface area contributed by atoms with Crippen LogP contribution in [0.25, 0.3) is 0 Å². The van der Waals surface area contributed by atoms with Gasteiger partial charge in [0.05, 0.1) is 23.5 Å². The first-order valence-electron chi connectivity index (χ1n) is 9.34. The highest BCUT2D eigenvalue weighted by Gasteiger charge is 2.54. The Balaban J connectivity index is 1.68. The van der Waals surface area contributed by atoms with Crippen LogP contribution >= 0.6 is 11.8 Å². The largest absolute Gasteiger partial charge is 0.463 e. The molecule has 2 unspecified atom stereocenters. The van der Waals surface area contributed by atoms with Gasteiger partial charge in [-0.3, -0.25) is 14.5 Å². The summed E-state index contributed by atoms with van der Waals surface area (Å²) in [6.45, 7) is 4.23. The van der Waals surface area contributed by atoms with Gasteiger partial charge >= 0.3 is 12.0 Å². The van der Waals surface area contributed by atoms with Crippen molar-refractivity contribution in [3.8, 4) is 0 Å². The van der Waals surface area contributed by atoms with E-state index in [0.717, 1.165) is 19.3 Å². The van der Waals surface area contributed by atoms with Crippen molar-refractivity contribution < 1.29 is 23.9 Å². The van der Waals surface area contributed by atoms with Crippen LogP contribution in [0.4, 0.5) is 4.79 Å². The number of thioether (sulfide) groups is 1. The third-order valence-electron chi connectivity index (χ3n) is 5.49. The van der Waals surface area contributed by atoms with Crippen molar-refractivity contribution in [3.63, 3.8) is 0 Å². The van der Waals surface area contributed by atoms with Gasteiger partial charge in [0.15, 0.2) is 0 Å². The standard InChI is InChI=1S/C18H25N3O5S/c1-3-26-15(23)10-14-20(13(22)11-27-14)8-9-21-16(24)18(19-17(21)25)7-5-4-6-12(18)2/h10,12H,3-9,11H2,1-2H3,(H,19,25)/b14-10-. The summed E-state index contributed by atoms with van der Waals surface area (Å²) in [5, 5.41) is 3.40. The van der Waals surface area contributed by atoms with Gasteiger partial charge < -0.3 is 15.0 Å². The molecule has 1 aliphatic carbocycles. The van der Waals surface area contributed by atoms with E-state index in [1.54, 1.807) is 6.92 Å². The first-order valence-corrected chi connectivity index (χ1v) is 10.3. The van der Waals surface area contributed by atoms with Gasteiger partial charge in [0.2, 0.25) is 5.91 Å². The Morgan fingerprint density at radius 2 is 2.04 bits per heavy atom. The molecule has 0 aromatic heterocycles. The van der Waals surface area contributed by atoms with E-state index in [2.05, 4.69) is 5.32 Å². The molecule has 9 heteroatoms. The number of rotatable bonds is 5. The minimum atomic E-state index is -0.803. The minimum Gasteiger partial charge on any atom is -0.463 e. The third kappa shape index (κ3) is 3.69. The van der Waals surface area contributed by atoms with Gasteiger partial charge in [-0.15, -0.1) is 0 Å². The minimum absolute atomic E-state index is 0.0935. The molecule has 4 amide bonds. The molecule has 2 aliphatic heterocycles. The highest BCUT2D eigenvalue weighted by atomic mass is 32.2. The van der Waals surface area contributed by atoms with Crippen molar-refractivity contribution in [3.05, 3.63) is 11.1 Å². The van der Waals surface area contributed by atoms with Gasteiger partial charge in [0.1, 0.15) is 5.54 Å².